The van der Waals surface area contributed by atoms with Gasteiger partial charge in [0.05, 0.1) is 6.61 Å². The lowest BCUT2D eigenvalue weighted by Gasteiger charge is -2.22. The largest absolute Gasteiger partial charge is 0.486 e. The molecular weight excluding hydrogens is 220 g/mol. The zero-order valence-electron chi connectivity index (χ0n) is 10.1. The molecule has 2 rings (SSSR count). The van der Waals surface area contributed by atoms with E-state index in [1.165, 1.54) is 0 Å². The number of carbonyl (C=O) groups excluding carboxylic acids is 1. The number of fused-ring (bicyclic) bond motifs is 1. The molecule has 0 bridgehead atoms. The molecule has 92 valence electrons. The summed E-state index contributed by atoms with van der Waals surface area (Å²) in [6.07, 6.45) is 0.352. The van der Waals surface area contributed by atoms with Gasteiger partial charge in [-0.05, 0) is 18.6 Å². The summed E-state index contributed by atoms with van der Waals surface area (Å²) < 4.78 is 16.2. The topological polar surface area (TPSA) is 44.8 Å². The zero-order valence-corrected chi connectivity index (χ0v) is 10.1. The van der Waals surface area contributed by atoms with Gasteiger partial charge in [0.1, 0.15) is 19.0 Å². The van der Waals surface area contributed by atoms with Gasteiger partial charge < -0.3 is 14.2 Å². The fourth-order valence-electron chi connectivity index (χ4n) is 1.95. The fourth-order valence-corrected chi connectivity index (χ4v) is 1.95. The number of carbonyl (C=O) groups is 1. The number of rotatable bonds is 4. The van der Waals surface area contributed by atoms with Gasteiger partial charge >= 0.3 is 0 Å². The second-order valence-electron chi connectivity index (χ2n) is 4.04. The summed E-state index contributed by atoms with van der Waals surface area (Å²) in [5, 5.41) is 0. The van der Waals surface area contributed by atoms with Crippen LogP contribution >= 0.6 is 0 Å². The number of ether oxygens (including phenoxy) is 3. The van der Waals surface area contributed by atoms with Crippen LogP contribution in [-0.2, 0) is 22.6 Å². The molecular formula is C13H16O4. The minimum absolute atomic E-state index is 0.102. The first kappa shape index (κ1) is 11.9. The minimum Gasteiger partial charge on any atom is -0.486 e. The lowest BCUT2D eigenvalue weighted by Crippen LogP contribution is -2.18. The van der Waals surface area contributed by atoms with Crippen LogP contribution in [0, 0.1) is 0 Å². The molecule has 1 heterocycles. The van der Waals surface area contributed by atoms with Crippen molar-refractivity contribution >= 4 is 5.78 Å². The van der Waals surface area contributed by atoms with Crippen molar-refractivity contribution < 1.29 is 19.0 Å². The van der Waals surface area contributed by atoms with E-state index in [1.807, 2.05) is 12.1 Å². The lowest BCUT2D eigenvalue weighted by atomic mass is 10.0. The van der Waals surface area contributed by atoms with Gasteiger partial charge in [0, 0.05) is 19.1 Å². The van der Waals surface area contributed by atoms with Crippen molar-refractivity contribution in [3.8, 4) is 11.5 Å². The van der Waals surface area contributed by atoms with Crippen molar-refractivity contribution in [1.29, 1.82) is 0 Å². The van der Waals surface area contributed by atoms with Gasteiger partial charge in [-0.3, -0.25) is 4.79 Å². The molecule has 4 nitrogen and oxygen atoms in total. The van der Waals surface area contributed by atoms with Crippen molar-refractivity contribution in [3.05, 3.63) is 23.3 Å². The summed E-state index contributed by atoms with van der Waals surface area (Å²) in [5.74, 6) is 1.51. The van der Waals surface area contributed by atoms with E-state index < -0.39 is 0 Å². The van der Waals surface area contributed by atoms with E-state index in [2.05, 4.69) is 0 Å². The third kappa shape index (κ3) is 2.58. The van der Waals surface area contributed by atoms with Crippen molar-refractivity contribution in [2.45, 2.75) is 20.0 Å². The Morgan fingerprint density at radius 1 is 1.35 bits per heavy atom. The Hall–Kier alpha value is -1.55. The van der Waals surface area contributed by atoms with Crippen LogP contribution in [0.15, 0.2) is 12.1 Å². The molecule has 0 amide bonds. The molecule has 1 aliphatic heterocycles. The predicted molar refractivity (Wildman–Crippen MR) is 62.5 cm³/mol. The van der Waals surface area contributed by atoms with Gasteiger partial charge in [-0.25, -0.2) is 0 Å². The molecule has 0 radical (unpaired) electrons. The summed E-state index contributed by atoms with van der Waals surface area (Å²) in [7, 11) is 1.63. The van der Waals surface area contributed by atoms with Crippen LogP contribution in [0.1, 0.15) is 18.1 Å². The fraction of sp³-hybridized carbons (Fsp3) is 0.462. The van der Waals surface area contributed by atoms with Gasteiger partial charge in [-0.2, -0.15) is 0 Å². The highest BCUT2D eigenvalue weighted by Crippen LogP contribution is 2.36. The van der Waals surface area contributed by atoms with E-state index in [9.17, 15) is 4.79 Å². The van der Waals surface area contributed by atoms with Gasteiger partial charge in [-0.1, -0.05) is 6.07 Å². The maximum absolute atomic E-state index is 11.3. The number of ketones is 1. The molecule has 17 heavy (non-hydrogen) atoms. The van der Waals surface area contributed by atoms with Crippen molar-refractivity contribution in [2.75, 3.05) is 20.3 Å². The second kappa shape index (κ2) is 5.19. The second-order valence-corrected chi connectivity index (χ2v) is 4.04. The first-order chi connectivity index (χ1) is 8.22. The van der Waals surface area contributed by atoms with Gasteiger partial charge in [-0.15, -0.1) is 0 Å². The molecule has 0 saturated carbocycles. The van der Waals surface area contributed by atoms with Gasteiger partial charge in [0.2, 0.25) is 0 Å². The quantitative estimate of drug-likeness (QED) is 0.798. The Morgan fingerprint density at radius 2 is 2.12 bits per heavy atom. The highest BCUT2D eigenvalue weighted by molar-refractivity contribution is 5.80. The summed E-state index contributed by atoms with van der Waals surface area (Å²) >= 11 is 0. The van der Waals surface area contributed by atoms with E-state index >= 15 is 0 Å². The number of Topliss-reactive ketones (excluding diaryl/α,β-unsaturated/α-hetero) is 1. The van der Waals surface area contributed by atoms with Gasteiger partial charge in [0.15, 0.2) is 11.5 Å². The van der Waals surface area contributed by atoms with Crippen molar-refractivity contribution in [3.63, 3.8) is 0 Å². The molecule has 0 saturated heterocycles. The Kier molecular flexibility index (Phi) is 3.64. The molecule has 1 aliphatic rings. The molecule has 0 aliphatic carbocycles. The zero-order chi connectivity index (χ0) is 12.3. The number of hydrogen-bond acceptors (Lipinski definition) is 4. The first-order valence-electron chi connectivity index (χ1n) is 5.61. The van der Waals surface area contributed by atoms with Crippen LogP contribution in [-0.4, -0.2) is 26.1 Å². The van der Waals surface area contributed by atoms with Crippen molar-refractivity contribution in [2.24, 2.45) is 0 Å². The predicted octanol–water partition coefficient (Wildman–Crippen LogP) is 1.74. The summed E-state index contributed by atoms with van der Waals surface area (Å²) in [6, 6.07) is 3.79. The molecule has 0 N–H and O–H groups in total. The number of hydrogen-bond donors (Lipinski definition) is 0. The molecule has 4 heteroatoms. The third-order valence-corrected chi connectivity index (χ3v) is 2.63. The Morgan fingerprint density at radius 3 is 2.82 bits per heavy atom. The Bertz CT molecular complexity index is 426. The maximum atomic E-state index is 11.3. The van der Waals surface area contributed by atoms with E-state index in [1.54, 1.807) is 14.0 Å². The third-order valence-electron chi connectivity index (χ3n) is 2.63. The standard InChI is InChI=1S/C13H16O4/c1-9(14)7-11-10(8-15-2)3-4-12-13(11)17-6-5-16-12/h3-4H,5-8H2,1-2H3. The normalized spacial score (nSPS) is 13.5. The maximum Gasteiger partial charge on any atom is 0.165 e. The first-order valence-corrected chi connectivity index (χ1v) is 5.61. The summed E-state index contributed by atoms with van der Waals surface area (Å²) in [4.78, 5) is 11.3. The smallest absolute Gasteiger partial charge is 0.165 e. The molecule has 0 unspecified atom stereocenters. The van der Waals surface area contributed by atoms with Crippen LogP contribution in [0.3, 0.4) is 0 Å². The van der Waals surface area contributed by atoms with Crippen LogP contribution in [0.4, 0.5) is 0 Å². The lowest BCUT2D eigenvalue weighted by molar-refractivity contribution is -0.116. The van der Waals surface area contributed by atoms with Crippen LogP contribution in [0.25, 0.3) is 0 Å². The molecule has 0 atom stereocenters. The monoisotopic (exact) mass is 236 g/mol. The van der Waals surface area contributed by atoms with E-state index in [0.717, 1.165) is 11.1 Å². The summed E-state index contributed by atoms with van der Waals surface area (Å²) in [5.41, 5.74) is 1.86. The van der Waals surface area contributed by atoms with Crippen LogP contribution < -0.4 is 9.47 Å². The van der Waals surface area contributed by atoms with Crippen molar-refractivity contribution in [1.82, 2.24) is 0 Å². The molecule has 1 aromatic rings. The minimum atomic E-state index is 0.102. The molecule has 1 aromatic carbocycles. The molecule has 0 spiro atoms. The number of methoxy groups -OCH3 is 1. The van der Waals surface area contributed by atoms with Gasteiger partial charge in [0.25, 0.3) is 0 Å². The van der Waals surface area contributed by atoms with Crippen LogP contribution in [0.5, 0.6) is 11.5 Å². The van der Waals surface area contributed by atoms with Crippen LogP contribution in [0.2, 0.25) is 0 Å². The SMILES string of the molecule is COCc1ccc2c(c1CC(C)=O)OCCO2. The molecule has 0 fully saturated rings. The average molecular weight is 236 g/mol. The molecule has 0 aromatic heterocycles. The Balaban J connectivity index is 2.43. The van der Waals surface area contributed by atoms with E-state index in [4.69, 9.17) is 14.2 Å². The highest BCUT2D eigenvalue weighted by atomic mass is 16.6. The number of benzene rings is 1. The summed E-state index contributed by atoms with van der Waals surface area (Å²) in [6.45, 7) is 3.11. The highest BCUT2D eigenvalue weighted by Gasteiger charge is 2.20. The Labute approximate surface area is 100 Å². The average Bonchev–Trinajstić information content (AvgIpc) is 2.32. The van der Waals surface area contributed by atoms with E-state index in [0.29, 0.717) is 37.7 Å². The van der Waals surface area contributed by atoms with E-state index in [-0.39, 0.29) is 5.78 Å².